The van der Waals surface area contributed by atoms with E-state index in [1.807, 2.05) is 10.3 Å². The molecular weight excluding hydrogens is 300 g/mol. The van der Waals surface area contributed by atoms with Gasteiger partial charge < -0.3 is 10.6 Å². The SMILES string of the molecule is CC(C)(C)N1C(=O)CC(N)C1c1cc(Br)cs1. The summed E-state index contributed by atoms with van der Waals surface area (Å²) in [7, 11) is 0. The van der Waals surface area contributed by atoms with Crippen LogP contribution in [0.4, 0.5) is 0 Å². The maximum atomic E-state index is 12.1. The molecule has 1 aromatic rings. The summed E-state index contributed by atoms with van der Waals surface area (Å²) in [4.78, 5) is 15.1. The van der Waals surface area contributed by atoms with E-state index in [0.717, 1.165) is 9.35 Å². The lowest BCUT2D eigenvalue weighted by molar-refractivity contribution is -0.133. The number of nitrogens with zero attached hydrogens (tertiary/aromatic N) is 1. The first-order valence-electron chi connectivity index (χ1n) is 5.62. The Labute approximate surface area is 114 Å². The van der Waals surface area contributed by atoms with Crippen molar-refractivity contribution in [1.82, 2.24) is 4.90 Å². The lowest BCUT2D eigenvalue weighted by atomic mass is 10.0. The van der Waals surface area contributed by atoms with Crippen LogP contribution in [0.2, 0.25) is 0 Å². The summed E-state index contributed by atoms with van der Waals surface area (Å²) >= 11 is 5.10. The van der Waals surface area contributed by atoms with Crippen molar-refractivity contribution in [1.29, 1.82) is 0 Å². The Bertz CT molecular complexity index is 438. The van der Waals surface area contributed by atoms with Gasteiger partial charge in [0.1, 0.15) is 0 Å². The number of hydrogen-bond donors (Lipinski definition) is 1. The molecule has 1 aliphatic heterocycles. The zero-order valence-electron chi connectivity index (χ0n) is 10.2. The van der Waals surface area contributed by atoms with Crippen molar-refractivity contribution < 1.29 is 4.79 Å². The third-order valence-electron chi connectivity index (χ3n) is 2.96. The highest BCUT2D eigenvalue weighted by Gasteiger charge is 2.44. The van der Waals surface area contributed by atoms with Crippen LogP contribution in [0.1, 0.15) is 38.1 Å². The van der Waals surface area contributed by atoms with Gasteiger partial charge in [-0.2, -0.15) is 0 Å². The molecule has 1 saturated heterocycles. The molecule has 5 heteroatoms. The topological polar surface area (TPSA) is 46.3 Å². The second kappa shape index (κ2) is 4.37. The molecule has 1 amide bonds. The van der Waals surface area contributed by atoms with E-state index in [-0.39, 0.29) is 23.5 Å². The number of hydrogen-bond acceptors (Lipinski definition) is 3. The quantitative estimate of drug-likeness (QED) is 0.866. The van der Waals surface area contributed by atoms with Gasteiger partial charge in [-0.25, -0.2) is 0 Å². The summed E-state index contributed by atoms with van der Waals surface area (Å²) in [6.45, 7) is 6.16. The number of rotatable bonds is 1. The van der Waals surface area contributed by atoms with E-state index in [2.05, 4.69) is 42.8 Å². The Morgan fingerprint density at radius 1 is 1.53 bits per heavy atom. The number of nitrogens with two attached hydrogens (primary N) is 1. The predicted octanol–water partition coefficient (Wildman–Crippen LogP) is 2.91. The zero-order valence-corrected chi connectivity index (χ0v) is 12.6. The van der Waals surface area contributed by atoms with Crippen molar-refractivity contribution >= 4 is 33.2 Å². The van der Waals surface area contributed by atoms with E-state index in [9.17, 15) is 4.79 Å². The van der Waals surface area contributed by atoms with Gasteiger partial charge in [-0.15, -0.1) is 11.3 Å². The fourth-order valence-corrected chi connectivity index (χ4v) is 3.98. The molecule has 1 fully saturated rings. The fraction of sp³-hybridized carbons (Fsp3) is 0.583. The molecule has 1 aliphatic rings. The van der Waals surface area contributed by atoms with Crippen molar-refractivity contribution in [3.63, 3.8) is 0 Å². The number of thiophene rings is 1. The molecule has 94 valence electrons. The van der Waals surface area contributed by atoms with Crippen LogP contribution in [0.3, 0.4) is 0 Å². The van der Waals surface area contributed by atoms with E-state index >= 15 is 0 Å². The number of carbonyl (C=O) groups is 1. The lowest BCUT2D eigenvalue weighted by Crippen LogP contribution is -2.45. The van der Waals surface area contributed by atoms with Crippen LogP contribution in [-0.2, 0) is 4.79 Å². The molecule has 0 saturated carbocycles. The molecule has 2 heterocycles. The van der Waals surface area contributed by atoms with Crippen LogP contribution in [0.5, 0.6) is 0 Å². The van der Waals surface area contributed by atoms with E-state index in [4.69, 9.17) is 5.73 Å². The molecule has 2 N–H and O–H groups in total. The summed E-state index contributed by atoms with van der Waals surface area (Å²) < 4.78 is 1.05. The second-order valence-corrected chi connectivity index (χ2v) is 7.27. The summed E-state index contributed by atoms with van der Waals surface area (Å²) in [5.41, 5.74) is 5.94. The maximum Gasteiger partial charge on any atom is 0.225 e. The molecule has 3 nitrogen and oxygen atoms in total. The molecular formula is C12H17BrN2OS. The zero-order chi connectivity index (χ0) is 12.8. The average molecular weight is 317 g/mol. The Balaban J connectivity index is 2.39. The smallest absolute Gasteiger partial charge is 0.225 e. The van der Waals surface area contributed by atoms with Gasteiger partial charge in [0, 0.05) is 32.7 Å². The van der Waals surface area contributed by atoms with Gasteiger partial charge in [0.15, 0.2) is 0 Å². The van der Waals surface area contributed by atoms with Gasteiger partial charge in [-0.1, -0.05) is 0 Å². The summed E-state index contributed by atoms with van der Waals surface area (Å²) in [5.74, 6) is 0.152. The number of halogens is 1. The number of likely N-dealkylation sites (tertiary alicyclic amines) is 1. The second-order valence-electron chi connectivity index (χ2n) is 5.41. The molecule has 17 heavy (non-hydrogen) atoms. The first kappa shape index (κ1) is 13.1. The van der Waals surface area contributed by atoms with Crippen LogP contribution in [0, 0.1) is 0 Å². The molecule has 1 aromatic heterocycles. The van der Waals surface area contributed by atoms with E-state index < -0.39 is 0 Å². The first-order valence-corrected chi connectivity index (χ1v) is 7.29. The van der Waals surface area contributed by atoms with Gasteiger partial charge in [0.2, 0.25) is 5.91 Å². The van der Waals surface area contributed by atoms with Crippen LogP contribution in [-0.4, -0.2) is 22.4 Å². The monoisotopic (exact) mass is 316 g/mol. The van der Waals surface area contributed by atoms with Crippen molar-refractivity contribution in [2.75, 3.05) is 0 Å². The number of carbonyl (C=O) groups excluding carboxylic acids is 1. The Hall–Kier alpha value is -0.390. The fourth-order valence-electron chi connectivity index (χ4n) is 2.37. The third kappa shape index (κ3) is 2.41. The molecule has 0 radical (unpaired) electrons. The van der Waals surface area contributed by atoms with E-state index in [1.165, 1.54) is 0 Å². The predicted molar refractivity (Wildman–Crippen MR) is 74.0 cm³/mol. The molecule has 2 unspecified atom stereocenters. The maximum absolute atomic E-state index is 12.1. The summed E-state index contributed by atoms with van der Waals surface area (Å²) in [6, 6.07) is 1.97. The summed E-state index contributed by atoms with van der Waals surface area (Å²) in [6.07, 6.45) is 0.442. The molecule has 2 rings (SSSR count). The minimum Gasteiger partial charge on any atom is -0.328 e. The Morgan fingerprint density at radius 3 is 2.65 bits per heavy atom. The highest BCUT2D eigenvalue weighted by atomic mass is 79.9. The van der Waals surface area contributed by atoms with Gasteiger partial charge >= 0.3 is 0 Å². The van der Waals surface area contributed by atoms with E-state index in [0.29, 0.717) is 6.42 Å². The normalized spacial score (nSPS) is 25.7. The van der Waals surface area contributed by atoms with Gasteiger partial charge in [0.25, 0.3) is 0 Å². The average Bonchev–Trinajstić information content (AvgIpc) is 2.68. The van der Waals surface area contributed by atoms with Gasteiger partial charge in [-0.05, 0) is 42.8 Å². The highest BCUT2D eigenvalue weighted by Crippen LogP contribution is 2.40. The van der Waals surface area contributed by atoms with Crippen molar-refractivity contribution in [2.45, 2.75) is 44.8 Å². The summed E-state index contributed by atoms with van der Waals surface area (Å²) in [5, 5.41) is 2.03. The van der Waals surface area contributed by atoms with Gasteiger partial charge in [0.05, 0.1) is 6.04 Å². The molecule has 0 aliphatic carbocycles. The van der Waals surface area contributed by atoms with Crippen LogP contribution in [0.15, 0.2) is 15.9 Å². The molecule has 0 spiro atoms. The molecule has 0 bridgehead atoms. The highest BCUT2D eigenvalue weighted by molar-refractivity contribution is 9.10. The standard InChI is InChI=1S/C12H17BrN2OS/c1-12(2,3)15-10(16)5-8(14)11(15)9-4-7(13)6-17-9/h4,6,8,11H,5,14H2,1-3H3. The lowest BCUT2D eigenvalue weighted by Gasteiger charge is -2.37. The Morgan fingerprint density at radius 2 is 2.18 bits per heavy atom. The Kier molecular flexibility index (Phi) is 3.36. The minimum atomic E-state index is -0.188. The molecule has 2 atom stereocenters. The van der Waals surface area contributed by atoms with Crippen LogP contribution < -0.4 is 5.73 Å². The largest absolute Gasteiger partial charge is 0.328 e. The van der Waals surface area contributed by atoms with Crippen molar-refractivity contribution in [3.8, 4) is 0 Å². The number of amides is 1. The first-order chi connectivity index (χ1) is 7.80. The van der Waals surface area contributed by atoms with Gasteiger partial charge in [-0.3, -0.25) is 4.79 Å². The van der Waals surface area contributed by atoms with Crippen molar-refractivity contribution in [3.05, 3.63) is 20.8 Å². The third-order valence-corrected chi connectivity index (χ3v) is 4.73. The molecule has 0 aromatic carbocycles. The van der Waals surface area contributed by atoms with E-state index in [1.54, 1.807) is 11.3 Å². The van der Waals surface area contributed by atoms with Crippen LogP contribution >= 0.6 is 27.3 Å². The van der Waals surface area contributed by atoms with Crippen LogP contribution in [0.25, 0.3) is 0 Å². The minimum absolute atomic E-state index is 0.0128. The van der Waals surface area contributed by atoms with Crippen molar-refractivity contribution in [2.24, 2.45) is 5.73 Å².